The molecule has 0 bridgehead atoms. The molecule has 2 aromatic heterocycles. The Morgan fingerprint density at radius 2 is 1.07 bits per heavy atom. The van der Waals surface area contributed by atoms with E-state index in [1.54, 1.807) is 12.4 Å². The highest BCUT2D eigenvalue weighted by molar-refractivity contribution is 6.12. The van der Waals surface area contributed by atoms with Crippen molar-refractivity contribution in [3.63, 3.8) is 0 Å². The Morgan fingerprint density at radius 1 is 0.439 bits per heavy atom. The molecule has 0 amide bonds. The smallest absolute Gasteiger partial charge is 0.143 e. The molecule has 3 nitrogen and oxygen atoms in total. The standard InChI is InChI=1S/C38H22N2O/c1-2-10-27-25(8-1)26-9-3-4-12-30(26)36-31(18-19-34-37(36)40-21-20-39-34)28-17-16-23(22-33(27)28)24-13-7-14-32-29-11-5-6-15-35(29)41-38(24)32/h1-22H. The molecule has 2 heterocycles. The lowest BCUT2D eigenvalue weighted by Crippen LogP contribution is -1.99. The molecular weight excluding hydrogens is 500 g/mol. The average molecular weight is 523 g/mol. The van der Waals surface area contributed by atoms with Crippen molar-refractivity contribution in [1.82, 2.24) is 9.97 Å². The molecular formula is C38H22N2O. The van der Waals surface area contributed by atoms with E-state index in [9.17, 15) is 0 Å². The zero-order valence-electron chi connectivity index (χ0n) is 22.0. The van der Waals surface area contributed by atoms with Gasteiger partial charge in [-0.05, 0) is 62.7 Å². The maximum absolute atomic E-state index is 6.43. The van der Waals surface area contributed by atoms with Gasteiger partial charge in [-0.3, -0.25) is 9.97 Å². The Balaban J connectivity index is 1.39. The zero-order valence-corrected chi connectivity index (χ0v) is 22.0. The first-order chi connectivity index (χ1) is 20.3. The van der Waals surface area contributed by atoms with Gasteiger partial charge in [-0.1, -0.05) is 103 Å². The van der Waals surface area contributed by atoms with Crippen LogP contribution in [0.4, 0.5) is 0 Å². The van der Waals surface area contributed by atoms with Crippen molar-refractivity contribution in [3.8, 4) is 55.6 Å². The van der Waals surface area contributed by atoms with Gasteiger partial charge in [-0.25, -0.2) is 0 Å². The van der Waals surface area contributed by atoms with Crippen LogP contribution >= 0.6 is 0 Å². The van der Waals surface area contributed by atoms with Crippen LogP contribution in [0.1, 0.15) is 0 Å². The van der Waals surface area contributed by atoms with Gasteiger partial charge in [0.15, 0.2) is 0 Å². The van der Waals surface area contributed by atoms with Crippen molar-refractivity contribution in [2.24, 2.45) is 0 Å². The maximum Gasteiger partial charge on any atom is 0.143 e. The predicted molar refractivity (Wildman–Crippen MR) is 168 cm³/mol. The van der Waals surface area contributed by atoms with Gasteiger partial charge in [-0.15, -0.1) is 0 Å². The number of aromatic nitrogens is 2. The number of hydrogen-bond acceptors (Lipinski definition) is 3. The van der Waals surface area contributed by atoms with Crippen LogP contribution < -0.4 is 0 Å². The van der Waals surface area contributed by atoms with Gasteiger partial charge in [0.25, 0.3) is 0 Å². The van der Waals surface area contributed by atoms with Crippen molar-refractivity contribution < 1.29 is 4.42 Å². The molecule has 0 spiro atoms. The third-order valence-corrected chi connectivity index (χ3v) is 8.37. The number of rotatable bonds is 1. The minimum atomic E-state index is 0.893. The minimum Gasteiger partial charge on any atom is -0.455 e. The van der Waals surface area contributed by atoms with Gasteiger partial charge in [0.1, 0.15) is 11.2 Å². The van der Waals surface area contributed by atoms with E-state index in [4.69, 9.17) is 9.40 Å². The molecule has 9 rings (SSSR count). The molecule has 0 saturated carbocycles. The first-order valence-electron chi connectivity index (χ1n) is 13.8. The number of benzene rings is 6. The molecule has 0 unspecified atom stereocenters. The molecule has 3 heteroatoms. The average Bonchev–Trinajstić information content (AvgIpc) is 3.42. The van der Waals surface area contributed by atoms with Crippen LogP contribution in [0.3, 0.4) is 0 Å². The summed E-state index contributed by atoms with van der Waals surface area (Å²) in [6.45, 7) is 0. The van der Waals surface area contributed by atoms with Crippen LogP contribution in [0.25, 0.3) is 88.6 Å². The topological polar surface area (TPSA) is 38.9 Å². The highest BCUT2D eigenvalue weighted by Gasteiger charge is 2.24. The fourth-order valence-corrected chi connectivity index (χ4v) is 6.57. The summed E-state index contributed by atoms with van der Waals surface area (Å²) in [6.07, 6.45) is 3.55. The predicted octanol–water partition coefficient (Wildman–Crippen LogP) is 10.2. The van der Waals surface area contributed by atoms with Crippen LogP contribution in [0.2, 0.25) is 0 Å². The highest BCUT2D eigenvalue weighted by Crippen LogP contribution is 2.50. The van der Waals surface area contributed by atoms with Crippen LogP contribution in [-0.4, -0.2) is 9.97 Å². The second-order valence-electron chi connectivity index (χ2n) is 10.5. The van der Waals surface area contributed by atoms with E-state index >= 15 is 0 Å². The van der Waals surface area contributed by atoms with E-state index in [0.717, 1.165) is 55.2 Å². The summed E-state index contributed by atoms with van der Waals surface area (Å²) in [7, 11) is 0. The first kappa shape index (κ1) is 22.3. The summed E-state index contributed by atoms with van der Waals surface area (Å²) < 4.78 is 6.43. The van der Waals surface area contributed by atoms with Gasteiger partial charge >= 0.3 is 0 Å². The van der Waals surface area contributed by atoms with Gasteiger partial charge in [0.2, 0.25) is 0 Å². The lowest BCUT2D eigenvalue weighted by atomic mass is 9.79. The molecule has 0 radical (unpaired) electrons. The number of para-hydroxylation sites is 2. The van der Waals surface area contributed by atoms with Crippen LogP contribution in [0.5, 0.6) is 0 Å². The summed E-state index contributed by atoms with van der Waals surface area (Å²) >= 11 is 0. The SMILES string of the molecule is c1ccc2c(c1)-c1cc(-c3cccc4c3oc3ccccc34)ccc1-c1ccc3nccnc3c1-c1ccccc1-2. The Bertz CT molecular complexity index is 2330. The summed E-state index contributed by atoms with van der Waals surface area (Å²) in [5, 5.41) is 2.27. The van der Waals surface area contributed by atoms with E-state index in [1.807, 2.05) is 12.1 Å². The summed E-state index contributed by atoms with van der Waals surface area (Å²) in [5.74, 6) is 0. The van der Waals surface area contributed by atoms with E-state index in [2.05, 4.69) is 114 Å². The van der Waals surface area contributed by atoms with E-state index in [0.29, 0.717) is 0 Å². The zero-order chi connectivity index (χ0) is 26.9. The molecule has 1 aliphatic carbocycles. The van der Waals surface area contributed by atoms with E-state index in [-0.39, 0.29) is 0 Å². The molecule has 0 N–H and O–H groups in total. The van der Waals surface area contributed by atoms with Gasteiger partial charge in [0.05, 0.1) is 11.0 Å². The summed E-state index contributed by atoms with van der Waals surface area (Å²) in [4.78, 5) is 9.48. The van der Waals surface area contributed by atoms with E-state index < -0.39 is 0 Å². The third-order valence-electron chi connectivity index (χ3n) is 8.37. The number of furan rings is 1. The Labute approximate surface area is 236 Å². The van der Waals surface area contributed by atoms with Crippen molar-refractivity contribution in [2.45, 2.75) is 0 Å². The minimum absolute atomic E-state index is 0.893. The quantitative estimate of drug-likeness (QED) is 0.215. The van der Waals surface area contributed by atoms with Crippen molar-refractivity contribution in [2.75, 3.05) is 0 Å². The van der Waals surface area contributed by atoms with Crippen LogP contribution in [0, 0.1) is 0 Å². The molecule has 0 atom stereocenters. The van der Waals surface area contributed by atoms with Gasteiger partial charge in [0, 0.05) is 34.3 Å². The molecule has 6 aromatic carbocycles. The normalized spacial score (nSPS) is 11.9. The number of nitrogens with zero attached hydrogens (tertiary/aromatic N) is 2. The maximum atomic E-state index is 6.43. The first-order valence-corrected chi connectivity index (χ1v) is 13.8. The Morgan fingerprint density at radius 3 is 1.95 bits per heavy atom. The molecule has 190 valence electrons. The Hall–Kier alpha value is -5.54. The third kappa shape index (κ3) is 3.20. The molecule has 1 aliphatic rings. The van der Waals surface area contributed by atoms with Gasteiger partial charge in [-0.2, -0.15) is 0 Å². The van der Waals surface area contributed by atoms with Crippen LogP contribution in [-0.2, 0) is 0 Å². The molecule has 0 saturated heterocycles. The molecule has 8 aromatic rings. The molecule has 0 fully saturated rings. The lowest BCUT2D eigenvalue weighted by Gasteiger charge is -2.24. The molecule has 41 heavy (non-hydrogen) atoms. The lowest BCUT2D eigenvalue weighted by molar-refractivity contribution is 0.670. The summed E-state index contributed by atoms with van der Waals surface area (Å²) in [6, 6.07) is 43.2. The number of hydrogen-bond donors (Lipinski definition) is 0. The van der Waals surface area contributed by atoms with Crippen molar-refractivity contribution >= 4 is 33.0 Å². The van der Waals surface area contributed by atoms with Crippen molar-refractivity contribution in [1.29, 1.82) is 0 Å². The fourth-order valence-electron chi connectivity index (χ4n) is 6.57. The molecule has 0 aliphatic heterocycles. The highest BCUT2D eigenvalue weighted by atomic mass is 16.3. The fraction of sp³-hybridized carbons (Fsp3) is 0. The number of fused-ring (bicyclic) bond motifs is 13. The second-order valence-corrected chi connectivity index (χ2v) is 10.5. The summed E-state index contributed by atoms with van der Waals surface area (Å²) in [5.41, 5.74) is 15.3. The largest absolute Gasteiger partial charge is 0.455 e. The Kier molecular flexibility index (Phi) is 4.61. The van der Waals surface area contributed by atoms with Crippen LogP contribution in [0.15, 0.2) is 138 Å². The van der Waals surface area contributed by atoms with Gasteiger partial charge < -0.3 is 4.42 Å². The second kappa shape index (κ2) is 8.48. The van der Waals surface area contributed by atoms with Crippen molar-refractivity contribution in [3.05, 3.63) is 134 Å². The van der Waals surface area contributed by atoms with E-state index in [1.165, 1.54) is 33.4 Å². The monoisotopic (exact) mass is 522 g/mol.